The Morgan fingerprint density at radius 2 is 1.86 bits per heavy atom. The maximum absolute atomic E-state index is 14.5. The molecule has 7 nitrogen and oxygen atoms in total. The minimum absolute atomic E-state index is 0.150. The Kier molecular flexibility index (Phi) is 5.93. The highest BCUT2D eigenvalue weighted by Gasteiger charge is 2.26. The fraction of sp³-hybridized carbons (Fsp3) is 0.346. The Morgan fingerprint density at radius 3 is 2.64 bits per heavy atom. The number of rotatable bonds is 4. The molecule has 1 saturated heterocycles. The van der Waals surface area contributed by atoms with Crippen molar-refractivity contribution >= 4 is 17.2 Å². The molecule has 1 fully saturated rings. The van der Waals surface area contributed by atoms with E-state index in [4.69, 9.17) is 9.72 Å². The SMILES string of the molecule is CC(C)N1CCN(c2ccc3c(n2)-c2sc(-c4ncnn4-c4ccc(F)cc4F)cc2CCO3)CC1. The largest absolute Gasteiger partial charge is 0.491 e. The molecule has 5 heterocycles. The molecule has 0 atom stereocenters. The predicted molar refractivity (Wildman–Crippen MR) is 136 cm³/mol. The predicted octanol–water partition coefficient (Wildman–Crippen LogP) is 4.80. The first kappa shape index (κ1) is 23.1. The molecule has 0 unspecified atom stereocenters. The highest BCUT2D eigenvalue weighted by molar-refractivity contribution is 7.19. The van der Waals surface area contributed by atoms with E-state index in [0.717, 1.165) is 71.2 Å². The lowest BCUT2D eigenvalue weighted by molar-refractivity contribution is 0.209. The average molecular weight is 509 g/mol. The van der Waals surface area contributed by atoms with Crippen LogP contribution in [0.4, 0.5) is 14.6 Å². The molecule has 2 aliphatic heterocycles. The quantitative estimate of drug-likeness (QED) is 0.395. The van der Waals surface area contributed by atoms with Crippen LogP contribution in [0.5, 0.6) is 5.75 Å². The molecule has 0 bridgehead atoms. The first-order valence-corrected chi connectivity index (χ1v) is 12.9. The molecule has 0 radical (unpaired) electrons. The van der Waals surface area contributed by atoms with Gasteiger partial charge in [0, 0.05) is 44.7 Å². The number of aromatic nitrogens is 4. The molecule has 2 aliphatic rings. The van der Waals surface area contributed by atoms with Gasteiger partial charge in [-0.05, 0) is 49.7 Å². The molecule has 0 saturated carbocycles. The lowest BCUT2D eigenvalue weighted by Crippen LogP contribution is -2.49. The second kappa shape index (κ2) is 9.25. The second-order valence-corrected chi connectivity index (χ2v) is 10.3. The third-order valence-corrected chi connectivity index (χ3v) is 7.95. The summed E-state index contributed by atoms with van der Waals surface area (Å²) in [6, 6.07) is 10.1. The summed E-state index contributed by atoms with van der Waals surface area (Å²) in [6.07, 6.45) is 2.11. The van der Waals surface area contributed by atoms with Crippen LogP contribution in [-0.4, -0.2) is 63.5 Å². The van der Waals surface area contributed by atoms with Gasteiger partial charge in [-0.3, -0.25) is 4.90 Å². The number of thiophene rings is 1. The number of nitrogens with zero attached hydrogens (tertiary/aromatic N) is 6. The third kappa shape index (κ3) is 4.14. The van der Waals surface area contributed by atoms with Gasteiger partial charge in [-0.25, -0.2) is 23.4 Å². The van der Waals surface area contributed by atoms with Gasteiger partial charge in [-0.2, -0.15) is 5.10 Å². The number of ether oxygens (including phenoxy) is 1. The number of fused-ring (bicyclic) bond motifs is 3. The highest BCUT2D eigenvalue weighted by atomic mass is 32.1. The maximum Gasteiger partial charge on any atom is 0.173 e. The third-order valence-electron chi connectivity index (χ3n) is 6.77. The summed E-state index contributed by atoms with van der Waals surface area (Å²) in [6.45, 7) is 8.89. The van der Waals surface area contributed by atoms with Crippen LogP contribution < -0.4 is 9.64 Å². The monoisotopic (exact) mass is 508 g/mol. The number of anilines is 1. The molecule has 36 heavy (non-hydrogen) atoms. The number of hydrogen-bond donors (Lipinski definition) is 0. The molecule has 0 N–H and O–H groups in total. The van der Waals surface area contributed by atoms with Crippen LogP contribution in [-0.2, 0) is 6.42 Å². The molecular weight excluding hydrogens is 482 g/mol. The fourth-order valence-electron chi connectivity index (χ4n) is 4.79. The van der Waals surface area contributed by atoms with E-state index in [1.165, 1.54) is 34.5 Å². The molecule has 0 spiro atoms. The maximum atomic E-state index is 14.5. The summed E-state index contributed by atoms with van der Waals surface area (Å²) in [7, 11) is 0. The fourth-order valence-corrected chi connectivity index (χ4v) is 5.98. The lowest BCUT2D eigenvalue weighted by atomic mass is 10.1. The minimum atomic E-state index is -0.692. The van der Waals surface area contributed by atoms with Gasteiger partial charge in [-0.15, -0.1) is 11.3 Å². The van der Waals surface area contributed by atoms with Crippen molar-refractivity contribution in [3.63, 3.8) is 0 Å². The molecule has 4 aromatic rings. The first-order valence-electron chi connectivity index (χ1n) is 12.1. The molecule has 6 rings (SSSR count). The van der Waals surface area contributed by atoms with Crippen LogP contribution in [0.3, 0.4) is 0 Å². The minimum Gasteiger partial charge on any atom is -0.491 e. The summed E-state index contributed by atoms with van der Waals surface area (Å²) in [5, 5.41) is 4.21. The van der Waals surface area contributed by atoms with E-state index >= 15 is 0 Å². The topological polar surface area (TPSA) is 59.3 Å². The Bertz CT molecular complexity index is 1410. The van der Waals surface area contributed by atoms with E-state index in [0.29, 0.717) is 18.5 Å². The summed E-state index contributed by atoms with van der Waals surface area (Å²) < 4.78 is 35.4. The van der Waals surface area contributed by atoms with Gasteiger partial charge >= 0.3 is 0 Å². The van der Waals surface area contributed by atoms with E-state index in [1.807, 2.05) is 12.1 Å². The smallest absolute Gasteiger partial charge is 0.173 e. The van der Waals surface area contributed by atoms with E-state index < -0.39 is 11.6 Å². The van der Waals surface area contributed by atoms with Crippen LogP contribution in [0.25, 0.3) is 27.0 Å². The molecule has 186 valence electrons. The number of benzene rings is 1. The van der Waals surface area contributed by atoms with Crippen molar-refractivity contribution < 1.29 is 13.5 Å². The zero-order chi connectivity index (χ0) is 24.8. The van der Waals surface area contributed by atoms with Crippen LogP contribution in [0.15, 0.2) is 42.7 Å². The van der Waals surface area contributed by atoms with Crippen molar-refractivity contribution in [3.05, 3.63) is 59.9 Å². The Morgan fingerprint density at radius 1 is 1.03 bits per heavy atom. The summed E-state index contributed by atoms with van der Waals surface area (Å²) >= 11 is 1.54. The summed E-state index contributed by atoms with van der Waals surface area (Å²) in [4.78, 5) is 16.1. The van der Waals surface area contributed by atoms with Gasteiger partial charge < -0.3 is 9.64 Å². The Hall–Kier alpha value is -3.37. The van der Waals surface area contributed by atoms with Crippen LogP contribution in [0.1, 0.15) is 19.4 Å². The Labute approximate surface area is 212 Å². The summed E-state index contributed by atoms with van der Waals surface area (Å²) in [5.41, 5.74) is 2.08. The van der Waals surface area contributed by atoms with Crippen molar-refractivity contribution in [2.24, 2.45) is 0 Å². The van der Waals surface area contributed by atoms with Crippen molar-refractivity contribution in [2.45, 2.75) is 26.3 Å². The number of pyridine rings is 1. The van der Waals surface area contributed by atoms with Gasteiger partial charge in [0.2, 0.25) is 0 Å². The van der Waals surface area contributed by atoms with Crippen LogP contribution >= 0.6 is 11.3 Å². The lowest BCUT2D eigenvalue weighted by Gasteiger charge is -2.37. The molecule has 3 aromatic heterocycles. The van der Waals surface area contributed by atoms with Gasteiger partial charge in [0.1, 0.15) is 35.1 Å². The highest BCUT2D eigenvalue weighted by Crippen LogP contribution is 2.43. The van der Waals surface area contributed by atoms with Crippen LogP contribution in [0, 0.1) is 11.6 Å². The molecule has 1 aromatic carbocycles. The standard InChI is InChI=1S/C26H26F2N6OS/c1-16(2)32-8-10-33(11-9-32)23-6-5-21-24(31-23)25-17(7-12-35-21)13-22(36-25)26-29-15-30-34(26)20-4-3-18(27)14-19(20)28/h3-6,13-16H,7-12H2,1-2H3. The van der Waals surface area contributed by atoms with E-state index in [-0.39, 0.29) is 5.69 Å². The van der Waals surface area contributed by atoms with Gasteiger partial charge in [0.25, 0.3) is 0 Å². The molecular formula is C26H26F2N6OS. The van der Waals surface area contributed by atoms with E-state index in [2.05, 4.69) is 39.8 Å². The zero-order valence-corrected chi connectivity index (χ0v) is 20.9. The van der Waals surface area contributed by atoms with E-state index in [1.54, 1.807) is 0 Å². The van der Waals surface area contributed by atoms with Crippen molar-refractivity contribution in [1.29, 1.82) is 0 Å². The Balaban J connectivity index is 1.36. The average Bonchev–Trinajstić information content (AvgIpc) is 3.48. The zero-order valence-electron chi connectivity index (χ0n) is 20.1. The summed E-state index contributed by atoms with van der Waals surface area (Å²) in [5.74, 6) is 0.882. The van der Waals surface area contributed by atoms with Crippen molar-refractivity contribution in [1.82, 2.24) is 24.6 Å². The van der Waals surface area contributed by atoms with Crippen molar-refractivity contribution in [2.75, 3.05) is 37.7 Å². The van der Waals surface area contributed by atoms with Crippen LogP contribution in [0.2, 0.25) is 0 Å². The molecule has 0 aliphatic carbocycles. The molecule has 10 heteroatoms. The number of hydrogen-bond acceptors (Lipinski definition) is 7. The van der Waals surface area contributed by atoms with Gasteiger partial charge in [-0.1, -0.05) is 0 Å². The van der Waals surface area contributed by atoms with E-state index in [9.17, 15) is 8.78 Å². The van der Waals surface area contributed by atoms with Gasteiger partial charge in [0.15, 0.2) is 11.6 Å². The second-order valence-electron chi connectivity index (χ2n) is 9.29. The van der Waals surface area contributed by atoms with Crippen molar-refractivity contribution in [3.8, 4) is 32.7 Å². The number of piperazine rings is 1. The number of halogens is 2. The first-order chi connectivity index (χ1) is 17.5. The normalized spacial score (nSPS) is 16.0. The van der Waals surface area contributed by atoms with Gasteiger partial charge in [0.05, 0.1) is 16.4 Å². The molecule has 0 amide bonds.